The van der Waals surface area contributed by atoms with Crippen molar-refractivity contribution in [2.24, 2.45) is 0 Å². The van der Waals surface area contributed by atoms with Crippen molar-refractivity contribution in [2.45, 2.75) is 51.4 Å². The fourth-order valence-electron chi connectivity index (χ4n) is 3.31. The Hall–Kier alpha value is -2.24. The standard InChI is InChI=1S/C19H26N2O4/c1-19(2,3)25-17(22)20-11-9-15(10-12-20)21-13-16(24-18(21)23)14-7-5-4-6-8-14/h4-8,15-16H,9-13H2,1-3H3/t16-/m0/s1. The van der Waals surface area contributed by atoms with E-state index in [-0.39, 0.29) is 24.3 Å². The van der Waals surface area contributed by atoms with Crippen LogP contribution in [0.1, 0.15) is 45.3 Å². The van der Waals surface area contributed by atoms with E-state index in [1.807, 2.05) is 56.0 Å². The Morgan fingerprint density at radius 2 is 1.80 bits per heavy atom. The van der Waals surface area contributed by atoms with Crippen LogP contribution < -0.4 is 0 Å². The molecule has 0 saturated carbocycles. The van der Waals surface area contributed by atoms with Crippen molar-refractivity contribution in [3.8, 4) is 0 Å². The highest BCUT2D eigenvalue weighted by atomic mass is 16.6. The molecule has 2 aliphatic rings. The Balaban J connectivity index is 1.55. The minimum absolute atomic E-state index is 0.111. The van der Waals surface area contributed by atoms with Crippen molar-refractivity contribution in [1.29, 1.82) is 0 Å². The van der Waals surface area contributed by atoms with Gasteiger partial charge in [0.25, 0.3) is 0 Å². The molecule has 2 fully saturated rings. The van der Waals surface area contributed by atoms with E-state index < -0.39 is 5.60 Å². The Kier molecular flexibility index (Phi) is 4.88. The SMILES string of the molecule is CC(C)(C)OC(=O)N1CCC(N2C[C@@H](c3ccccc3)OC2=O)CC1. The fraction of sp³-hybridized carbons (Fsp3) is 0.579. The normalized spacial score (nSPS) is 22.0. The van der Waals surface area contributed by atoms with Crippen LogP contribution in [0.5, 0.6) is 0 Å². The monoisotopic (exact) mass is 346 g/mol. The number of nitrogens with zero attached hydrogens (tertiary/aromatic N) is 2. The lowest BCUT2D eigenvalue weighted by Crippen LogP contribution is -2.48. The fourth-order valence-corrected chi connectivity index (χ4v) is 3.31. The van der Waals surface area contributed by atoms with Crippen molar-refractivity contribution in [2.75, 3.05) is 19.6 Å². The highest BCUT2D eigenvalue weighted by molar-refractivity contribution is 5.71. The van der Waals surface area contributed by atoms with Gasteiger partial charge in [0.1, 0.15) is 11.7 Å². The average molecular weight is 346 g/mol. The third kappa shape index (κ3) is 4.24. The van der Waals surface area contributed by atoms with Crippen LogP contribution in [0.15, 0.2) is 30.3 Å². The number of piperidine rings is 1. The summed E-state index contributed by atoms with van der Waals surface area (Å²) in [6.07, 6.45) is 0.741. The summed E-state index contributed by atoms with van der Waals surface area (Å²) in [5.41, 5.74) is 0.528. The number of hydrogen-bond acceptors (Lipinski definition) is 4. The molecule has 1 atom stereocenters. The average Bonchev–Trinajstić information content (AvgIpc) is 2.96. The van der Waals surface area contributed by atoms with Gasteiger partial charge in [0, 0.05) is 19.1 Å². The summed E-state index contributed by atoms with van der Waals surface area (Å²) in [5.74, 6) is 0. The predicted molar refractivity (Wildman–Crippen MR) is 93.2 cm³/mol. The quantitative estimate of drug-likeness (QED) is 0.821. The Bertz CT molecular complexity index is 618. The van der Waals surface area contributed by atoms with Gasteiger partial charge in [-0.1, -0.05) is 30.3 Å². The van der Waals surface area contributed by atoms with Gasteiger partial charge in [-0.3, -0.25) is 0 Å². The van der Waals surface area contributed by atoms with Gasteiger partial charge in [0.05, 0.1) is 6.54 Å². The second-order valence-corrected chi connectivity index (χ2v) is 7.63. The lowest BCUT2D eigenvalue weighted by molar-refractivity contribution is 0.0168. The van der Waals surface area contributed by atoms with Gasteiger partial charge in [-0.25, -0.2) is 9.59 Å². The second kappa shape index (κ2) is 6.94. The number of amides is 2. The van der Waals surface area contributed by atoms with E-state index in [1.165, 1.54) is 0 Å². The molecule has 6 heteroatoms. The number of hydrogen-bond donors (Lipinski definition) is 0. The van der Waals surface area contributed by atoms with Crippen molar-refractivity contribution in [1.82, 2.24) is 9.80 Å². The summed E-state index contributed by atoms with van der Waals surface area (Å²) in [6.45, 7) is 7.35. The van der Waals surface area contributed by atoms with Crippen molar-refractivity contribution >= 4 is 12.2 Å². The molecule has 2 saturated heterocycles. The van der Waals surface area contributed by atoms with Crippen LogP contribution in [-0.2, 0) is 9.47 Å². The van der Waals surface area contributed by atoms with E-state index >= 15 is 0 Å². The Morgan fingerprint density at radius 1 is 1.16 bits per heavy atom. The van der Waals surface area contributed by atoms with E-state index in [1.54, 1.807) is 4.90 Å². The summed E-state index contributed by atoms with van der Waals surface area (Å²) in [4.78, 5) is 27.9. The Labute approximate surface area is 148 Å². The van der Waals surface area contributed by atoms with Crippen LogP contribution in [0.4, 0.5) is 9.59 Å². The highest BCUT2D eigenvalue weighted by Crippen LogP contribution is 2.30. The molecule has 0 aliphatic carbocycles. The van der Waals surface area contributed by atoms with Gasteiger partial charge in [-0.15, -0.1) is 0 Å². The van der Waals surface area contributed by atoms with E-state index in [2.05, 4.69) is 0 Å². The van der Waals surface area contributed by atoms with Gasteiger partial charge in [0.15, 0.2) is 0 Å². The zero-order chi connectivity index (χ0) is 18.0. The van der Waals surface area contributed by atoms with Crippen molar-refractivity contribution in [3.05, 3.63) is 35.9 Å². The van der Waals surface area contributed by atoms with E-state index in [4.69, 9.17) is 9.47 Å². The maximum atomic E-state index is 12.3. The topological polar surface area (TPSA) is 59.1 Å². The molecule has 136 valence electrons. The second-order valence-electron chi connectivity index (χ2n) is 7.63. The molecule has 0 N–H and O–H groups in total. The smallest absolute Gasteiger partial charge is 0.410 e. The molecule has 0 bridgehead atoms. The van der Waals surface area contributed by atoms with E-state index in [9.17, 15) is 9.59 Å². The summed E-state index contributed by atoms with van der Waals surface area (Å²) >= 11 is 0. The van der Waals surface area contributed by atoms with Crippen LogP contribution in [0.2, 0.25) is 0 Å². The van der Waals surface area contributed by atoms with Crippen LogP contribution >= 0.6 is 0 Å². The first-order valence-electron chi connectivity index (χ1n) is 8.83. The molecule has 0 aromatic heterocycles. The van der Waals surface area contributed by atoms with Crippen LogP contribution in [-0.4, -0.2) is 53.3 Å². The van der Waals surface area contributed by atoms with Crippen LogP contribution in [0.25, 0.3) is 0 Å². The van der Waals surface area contributed by atoms with Crippen molar-refractivity contribution < 1.29 is 19.1 Å². The van der Waals surface area contributed by atoms with E-state index in [0.29, 0.717) is 19.6 Å². The number of cyclic esters (lactones) is 1. The number of carbonyl (C=O) groups excluding carboxylic acids is 2. The molecule has 1 aromatic carbocycles. The molecule has 25 heavy (non-hydrogen) atoms. The first kappa shape index (κ1) is 17.6. The lowest BCUT2D eigenvalue weighted by atomic mass is 10.0. The number of carbonyl (C=O) groups is 2. The third-order valence-electron chi connectivity index (χ3n) is 4.57. The molecule has 0 unspecified atom stereocenters. The van der Waals surface area contributed by atoms with E-state index in [0.717, 1.165) is 18.4 Å². The minimum Gasteiger partial charge on any atom is -0.444 e. The summed E-state index contributed by atoms with van der Waals surface area (Å²) in [6, 6.07) is 9.92. The summed E-state index contributed by atoms with van der Waals surface area (Å²) in [7, 11) is 0. The molecule has 2 aliphatic heterocycles. The molecular weight excluding hydrogens is 320 g/mol. The molecule has 2 heterocycles. The predicted octanol–water partition coefficient (Wildman–Crippen LogP) is 3.58. The third-order valence-corrected chi connectivity index (χ3v) is 4.57. The lowest BCUT2D eigenvalue weighted by Gasteiger charge is -2.36. The maximum Gasteiger partial charge on any atom is 0.410 e. The molecule has 1 aromatic rings. The number of ether oxygens (including phenoxy) is 2. The number of benzene rings is 1. The molecule has 2 amide bonds. The first-order chi connectivity index (χ1) is 11.8. The number of likely N-dealkylation sites (tertiary alicyclic amines) is 1. The maximum absolute atomic E-state index is 12.3. The van der Waals surface area contributed by atoms with Gasteiger partial charge >= 0.3 is 12.2 Å². The highest BCUT2D eigenvalue weighted by Gasteiger charge is 2.39. The van der Waals surface area contributed by atoms with Gasteiger partial charge < -0.3 is 19.3 Å². The zero-order valence-electron chi connectivity index (χ0n) is 15.1. The van der Waals surface area contributed by atoms with Gasteiger partial charge in [-0.2, -0.15) is 0 Å². The zero-order valence-corrected chi connectivity index (χ0v) is 15.1. The van der Waals surface area contributed by atoms with Crippen LogP contribution in [0.3, 0.4) is 0 Å². The van der Waals surface area contributed by atoms with Crippen molar-refractivity contribution in [3.63, 3.8) is 0 Å². The van der Waals surface area contributed by atoms with Crippen LogP contribution in [0, 0.1) is 0 Å². The summed E-state index contributed by atoms with van der Waals surface area (Å²) in [5, 5.41) is 0. The largest absolute Gasteiger partial charge is 0.444 e. The molecule has 0 spiro atoms. The molecule has 3 rings (SSSR count). The van der Waals surface area contributed by atoms with Gasteiger partial charge in [0.2, 0.25) is 0 Å². The minimum atomic E-state index is -0.490. The number of rotatable bonds is 2. The first-order valence-corrected chi connectivity index (χ1v) is 8.83. The Morgan fingerprint density at radius 3 is 2.40 bits per heavy atom. The molecule has 6 nitrogen and oxygen atoms in total. The molecular formula is C19H26N2O4. The van der Waals surface area contributed by atoms with Gasteiger partial charge in [-0.05, 0) is 39.2 Å². The molecule has 0 radical (unpaired) electrons. The summed E-state index contributed by atoms with van der Waals surface area (Å²) < 4.78 is 11.0.